The molecule has 178 valence electrons. The number of quaternary nitrogens is 1. The fourth-order valence-electron chi connectivity index (χ4n) is 4.33. The van der Waals surface area contributed by atoms with Crippen LogP contribution in [0.15, 0.2) is 59.5 Å². The minimum Gasteiger partial charge on any atom is -0.549 e. The quantitative estimate of drug-likeness (QED) is 0.404. The number of carbonyl (C=O) groups excluding carboxylic acids is 1. The maximum atomic E-state index is 11.1. The summed E-state index contributed by atoms with van der Waals surface area (Å²) in [5.74, 6) is 3.48. The summed E-state index contributed by atoms with van der Waals surface area (Å²) in [4.78, 5) is 12.2. The van der Waals surface area contributed by atoms with Gasteiger partial charge in [0.2, 0.25) is 0 Å². The van der Waals surface area contributed by atoms with Crippen molar-refractivity contribution in [1.82, 2.24) is 0 Å². The zero-order chi connectivity index (χ0) is 24.1. The summed E-state index contributed by atoms with van der Waals surface area (Å²) in [6.07, 6.45) is 1.76. The summed E-state index contributed by atoms with van der Waals surface area (Å²) in [6, 6.07) is 18.7. The van der Waals surface area contributed by atoms with Gasteiger partial charge in [0.15, 0.2) is 0 Å². The Bertz CT molecular complexity index is 1160. The minimum atomic E-state index is -1.02. The lowest BCUT2D eigenvalue weighted by Gasteiger charge is -2.31. The number of carboxylic acids is 1. The lowest BCUT2D eigenvalue weighted by Crippen LogP contribution is -2.47. The third kappa shape index (κ3) is 5.62. The van der Waals surface area contributed by atoms with E-state index in [-0.39, 0.29) is 5.75 Å². The second-order valence-electron chi connectivity index (χ2n) is 8.62. The number of aryl methyl sites for hydroxylation is 2. The van der Waals surface area contributed by atoms with Gasteiger partial charge in [-0.1, -0.05) is 49.4 Å². The van der Waals surface area contributed by atoms with E-state index in [1.807, 2.05) is 30.0 Å². The fourth-order valence-corrected chi connectivity index (χ4v) is 6.17. The predicted molar refractivity (Wildman–Crippen MR) is 139 cm³/mol. The first kappa shape index (κ1) is 24.7. The smallest absolute Gasteiger partial charge is 0.132 e. The first-order chi connectivity index (χ1) is 16.5. The number of carboxylic acid groups (broad SMARTS) is 1. The molecule has 0 aromatic heterocycles. The highest BCUT2D eigenvalue weighted by atomic mass is 32.2. The Morgan fingerprint density at radius 1 is 1.12 bits per heavy atom. The molecule has 0 amide bonds. The molecule has 0 spiro atoms. The molecule has 1 fully saturated rings. The van der Waals surface area contributed by atoms with Gasteiger partial charge in [-0.2, -0.15) is 11.8 Å². The Hall–Kier alpha value is -2.41. The van der Waals surface area contributed by atoms with Gasteiger partial charge in [0.25, 0.3) is 0 Å². The third-order valence-electron chi connectivity index (χ3n) is 6.19. The molecule has 5 rings (SSSR count). The maximum Gasteiger partial charge on any atom is 0.132 e. The standard InChI is InChI=1S/C21H22O3S2.C7H9N/c1-3-13-6-12(2)7-19-16(13)8-17-18(24-19)5-4-15(14-9-25-10-14)21(17)26-11-20(22)23;8-6-7-4-2-1-3-5-7/h4-7,14H,3,8-11H2,1-2H3,(H,22,23);1-5H,6,8H2. The van der Waals surface area contributed by atoms with Crippen molar-refractivity contribution in [1.29, 1.82) is 0 Å². The Balaban J connectivity index is 0.000000291. The number of carbonyl (C=O) groups is 1. The summed E-state index contributed by atoms with van der Waals surface area (Å²) >= 11 is 3.32. The number of rotatable bonds is 6. The van der Waals surface area contributed by atoms with Crippen LogP contribution in [0.4, 0.5) is 0 Å². The molecule has 0 saturated carbocycles. The average molecular weight is 494 g/mol. The molecule has 2 heterocycles. The highest BCUT2D eigenvalue weighted by Gasteiger charge is 2.29. The van der Waals surface area contributed by atoms with Crippen molar-refractivity contribution in [3.05, 3.63) is 88.0 Å². The zero-order valence-corrected chi connectivity index (χ0v) is 21.4. The molecule has 0 atom stereocenters. The van der Waals surface area contributed by atoms with E-state index in [1.54, 1.807) is 0 Å². The molecule has 3 N–H and O–H groups in total. The van der Waals surface area contributed by atoms with E-state index in [2.05, 4.69) is 56.0 Å². The Morgan fingerprint density at radius 3 is 2.47 bits per heavy atom. The van der Waals surface area contributed by atoms with Crippen LogP contribution in [-0.2, 0) is 24.2 Å². The van der Waals surface area contributed by atoms with E-state index in [0.717, 1.165) is 52.9 Å². The van der Waals surface area contributed by atoms with Crippen LogP contribution < -0.4 is 15.6 Å². The molecular formula is C28H31NO3S2. The van der Waals surface area contributed by atoms with Gasteiger partial charge in [-0.05, 0) is 42.2 Å². The van der Waals surface area contributed by atoms with Crippen LogP contribution in [0.5, 0.6) is 11.5 Å². The van der Waals surface area contributed by atoms with E-state index in [9.17, 15) is 9.90 Å². The van der Waals surface area contributed by atoms with Gasteiger partial charge >= 0.3 is 0 Å². The Kier molecular flexibility index (Phi) is 8.24. The van der Waals surface area contributed by atoms with Crippen molar-refractivity contribution in [3.8, 4) is 11.5 Å². The lowest BCUT2D eigenvalue weighted by atomic mass is 9.90. The van der Waals surface area contributed by atoms with Gasteiger partial charge in [0.1, 0.15) is 11.5 Å². The monoisotopic (exact) mass is 493 g/mol. The Morgan fingerprint density at radius 2 is 1.88 bits per heavy atom. The lowest BCUT2D eigenvalue weighted by molar-refractivity contribution is -0.386. The van der Waals surface area contributed by atoms with Crippen LogP contribution >= 0.6 is 23.5 Å². The third-order valence-corrected chi connectivity index (χ3v) is 8.62. The molecule has 0 bridgehead atoms. The van der Waals surface area contributed by atoms with Crippen molar-refractivity contribution in [2.24, 2.45) is 0 Å². The van der Waals surface area contributed by atoms with Gasteiger partial charge in [0, 0.05) is 51.2 Å². The van der Waals surface area contributed by atoms with Crippen LogP contribution in [0.2, 0.25) is 0 Å². The SMILES string of the molecule is CCc1cc(C)cc2c1Cc1c(ccc(C3CSC3)c1SCC(=O)[O-])O2.[NH3+]Cc1ccccc1. The molecule has 3 aromatic rings. The van der Waals surface area contributed by atoms with Crippen molar-refractivity contribution in [3.63, 3.8) is 0 Å². The molecule has 3 aromatic carbocycles. The summed E-state index contributed by atoms with van der Waals surface area (Å²) in [5.41, 5.74) is 11.2. The first-order valence-corrected chi connectivity index (χ1v) is 13.8. The van der Waals surface area contributed by atoms with Gasteiger partial charge in [0.05, 0.1) is 12.5 Å². The largest absolute Gasteiger partial charge is 0.549 e. The number of hydrogen-bond donors (Lipinski definition) is 1. The van der Waals surface area contributed by atoms with Gasteiger partial charge < -0.3 is 20.4 Å². The number of aliphatic carboxylic acids is 1. The van der Waals surface area contributed by atoms with E-state index < -0.39 is 5.97 Å². The van der Waals surface area contributed by atoms with Gasteiger partial charge in [-0.3, -0.25) is 0 Å². The van der Waals surface area contributed by atoms with E-state index >= 15 is 0 Å². The van der Waals surface area contributed by atoms with E-state index in [0.29, 0.717) is 5.92 Å². The second kappa shape index (κ2) is 11.3. The normalized spacial score (nSPS) is 14.1. The molecule has 1 saturated heterocycles. The molecule has 2 aliphatic rings. The summed E-state index contributed by atoms with van der Waals surface area (Å²) in [5, 5.41) is 11.1. The molecule has 2 aliphatic heterocycles. The molecule has 0 radical (unpaired) electrons. The van der Waals surface area contributed by atoms with Crippen LogP contribution in [0.1, 0.15) is 46.2 Å². The van der Waals surface area contributed by atoms with Gasteiger partial charge in [-0.15, -0.1) is 11.8 Å². The average Bonchev–Trinajstić information content (AvgIpc) is 2.81. The van der Waals surface area contributed by atoms with Crippen LogP contribution in [-0.4, -0.2) is 23.2 Å². The predicted octanol–water partition coefficient (Wildman–Crippen LogP) is 4.35. The summed E-state index contributed by atoms with van der Waals surface area (Å²) < 4.78 is 6.25. The highest BCUT2D eigenvalue weighted by Crippen LogP contribution is 2.47. The minimum absolute atomic E-state index is 0.0231. The van der Waals surface area contributed by atoms with E-state index in [1.165, 1.54) is 39.6 Å². The van der Waals surface area contributed by atoms with Crippen molar-refractivity contribution < 1.29 is 20.4 Å². The van der Waals surface area contributed by atoms with Crippen LogP contribution in [0, 0.1) is 6.92 Å². The fraction of sp³-hybridized carbons (Fsp3) is 0.321. The highest BCUT2D eigenvalue weighted by molar-refractivity contribution is 8.01. The van der Waals surface area contributed by atoms with Crippen LogP contribution in [0.3, 0.4) is 0 Å². The topological polar surface area (TPSA) is 77.0 Å². The summed E-state index contributed by atoms with van der Waals surface area (Å²) in [7, 11) is 0. The van der Waals surface area contributed by atoms with Crippen molar-refractivity contribution in [2.45, 2.75) is 44.0 Å². The summed E-state index contributed by atoms with van der Waals surface area (Å²) in [6.45, 7) is 5.15. The van der Waals surface area contributed by atoms with Crippen molar-refractivity contribution in [2.75, 3.05) is 17.3 Å². The number of fused-ring (bicyclic) bond motifs is 2. The first-order valence-electron chi connectivity index (χ1n) is 11.7. The second-order valence-corrected chi connectivity index (χ2v) is 10.7. The molecule has 34 heavy (non-hydrogen) atoms. The molecule has 4 nitrogen and oxygen atoms in total. The zero-order valence-electron chi connectivity index (χ0n) is 19.8. The molecular weight excluding hydrogens is 462 g/mol. The Labute approximate surface area is 210 Å². The maximum absolute atomic E-state index is 11.1. The van der Waals surface area contributed by atoms with Crippen LogP contribution in [0.25, 0.3) is 0 Å². The number of hydrogen-bond acceptors (Lipinski definition) is 5. The van der Waals surface area contributed by atoms with E-state index in [4.69, 9.17) is 4.74 Å². The number of ether oxygens (including phenoxy) is 1. The molecule has 0 aliphatic carbocycles. The molecule has 6 heteroatoms. The van der Waals surface area contributed by atoms with Gasteiger partial charge in [-0.25, -0.2) is 0 Å². The van der Waals surface area contributed by atoms with Crippen molar-refractivity contribution >= 4 is 29.5 Å². The number of benzene rings is 3. The number of thioether (sulfide) groups is 2. The molecule has 0 unspecified atom stereocenters.